The normalized spacial score (nSPS) is 10.1. The molecule has 0 radical (unpaired) electrons. The van der Waals surface area contributed by atoms with Crippen LogP contribution in [0.4, 0.5) is 5.69 Å². The maximum absolute atomic E-state index is 11.9. The van der Waals surface area contributed by atoms with Gasteiger partial charge in [0.05, 0.1) is 11.3 Å². The van der Waals surface area contributed by atoms with Crippen LogP contribution >= 0.6 is 39.5 Å². The maximum atomic E-state index is 11.9. The first-order chi connectivity index (χ1) is 8.58. The summed E-state index contributed by atoms with van der Waals surface area (Å²) < 4.78 is 0.860. The van der Waals surface area contributed by atoms with Gasteiger partial charge in [-0.3, -0.25) is 4.79 Å². The molecule has 1 aromatic carbocycles. The average Bonchev–Trinajstić information content (AvgIpc) is 2.84. The zero-order valence-corrected chi connectivity index (χ0v) is 12.4. The largest absolute Gasteiger partial charge is 0.389 e. The minimum atomic E-state index is -0.170. The van der Waals surface area contributed by atoms with Gasteiger partial charge in [0.25, 0.3) is 5.91 Å². The first-order valence-corrected chi connectivity index (χ1v) is 7.15. The second kappa shape index (κ2) is 5.60. The molecular formula is C12H9BrN2OS2. The molecular weight excluding hydrogens is 332 g/mol. The van der Waals surface area contributed by atoms with Crippen molar-refractivity contribution in [3.8, 4) is 0 Å². The number of halogens is 1. The van der Waals surface area contributed by atoms with Crippen LogP contribution in [-0.4, -0.2) is 10.9 Å². The van der Waals surface area contributed by atoms with Crippen molar-refractivity contribution in [2.45, 2.75) is 0 Å². The van der Waals surface area contributed by atoms with E-state index in [1.165, 1.54) is 11.3 Å². The van der Waals surface area contributed by atoms with Crippen molar-refractivity contribution in [1.29, 1.82) is 0 Å². The van der Waals surface area contributed by atoms with Crippen LogP contribution < -0.4 is 11.1 Å². The fourth-order valence-electron chi connectivity index (χ4n) is 1.42. The fourth-order valence-corrected chi connectivity index (χ4v) is 2.58. The number of rotatable bonds is 3. The van der Waals surface area contributed by atoms with Crippen molar-refractivity contribution in [2.24, 2.45) is 5.73 Å². The molecule has 3 nitrogen and oxygen atoms in total. The predicted molar refractivity (Wildman–Crippen MR) is 82.3 cm³/mol. The van der Waals surface area contributed by atoms with E-state index in [2.05, 4.69) is 21.2 Å². The minimum Gasteiger partial charge on any atom is -0.389 e. The smallest absolute Gasteiger partial charge is 0.256 e. The van der Waals surface area contributed by atoms with Crippen LogP contribution in [0.2, 0.25) is 0 Å². The summed E-state index contributed by atoms with van der Waals surface area (Å²) >= 11 is 9.79. The van der Waals surface area contributed by atoms with Crippen molar-refractivity contribution >= 4 is 56.1 Å². The van der Waals surface area contributed by atoms with Crippen LogP contribution in [0.25, 0.3) is 0 Å². The Balaban J connectivity index is 2.29. The number of carbonyl (C=O) groups is 1. The quantitative estimate of drug-likeness (QED) is 0.842. The number of hydrogen-bond acceptors (Lipinski definition) is 3. The van der Waals surface area contributed by atoms with Crippen molar-refractivity contribution in [2.75, 3.05) is 5.32 Å². The Labute approximate surface area is 122 Å². The van der Waals surface area contributed by atoms with E-state index >= 15 is 0 Å². The van der Waals surface area contributed by atoms with Crippen LogP contribution in [0.15, 0.2) is 39.5 Å². The monoisotopic (exact) mass is 340 g/mol. The molecule has 6 heteroatoms. The van der Waals surface area contributed by atoms with Gasteiger partial charge < -0.3 is 11.1 Å². The lowest BCUT2D eigenvalue weighted by Crippen LogP contribution is -2.17. The summed E-state index contributed by atoms with van der Waals surface area (Å²) in [6.07, 6.45) is 0. The zero-order chi connectivity index (χ0) is 13.1. The number of amides is 1. The number of benzene rings is 1. The molecule has 1 amide bonds. The molecule has 0 fully saturated rings. The highest BCUT2D eigenvalue weighted by molar-refractivity contribution is 9.10. The van der Waals surface area contributed by atoms with Gasteiger partial charge in [-0.05, 0) is 29.6 Å². The number of nitrogens with one attached hydrogen (secondary N) is 1. The molecule has 3 N–H and O–H groups in total. The van der Waals surface area contributed by atoms with Crippen LogP contribution in [0.1, 0.15) is 15.9 Å². The molecule has 0 bridgehead atoms. The summed E-state index contributed by atoms with van der Waals surface area (Å²) in [6.45, 7) is 0. The third kappa shape index (κ3) is 2.95. The summed E-state index contributed by atoms with van der Waals surface area (Å²) in [5, 5.41) is 6.44. The van der Waals surface area contributed by atoms with Crippen LogP contribution in [-0.2, 0) is 0 Å². The van der Waals surface area contributed by atoms with E-state index in [0.717, 1.165) is 4.47 Å². The summed E-state index contributed by atoms with van der Waals surface area (Å²) in [7, 11) is 0. The molecule has 0 saturated carbocycles. The predicted octanol–water partition coefficient (Wildman–Crippen LogP) is 3.40. The maximum Gasteiger partial charge on any atom is 0.256 e. The molecule has 0 aliphatic rings. The molecule has 0 aliphatic carbocycles. The van der Waals surface area contributed by atoms with Crippen LogP contribution in [0.3, 0.4) is 0 Å². The molecule has 1 aromatic heterocycles. The highest BCUT2D eigenvalue weighted by Crippen LogP contribution is 2.22. The van der Waals surface area contributed by atoms with Gasteiger partial charge in [-0.25, -0.2) is 0 Å². The Morgan fingerprint density at radius 2 is 2.17 bits per heavy atom. The summed E-state index contributed by atoms with van der Waals surface area (Å²) in [4.78, 5) is 12.2. The van der Waals surface area contributed by atoms with Crippen molar-refractivity contribution in [1.82, 2.24) is 0 Å². The Morgan fingerprint density at radius 1 is 1.39 bits per heavy atom. The van der Waals surface area contributed by atoms with E-state index in [1.807, 2.05) is 11.4 Å². The molecule has 2 aromatic rings. The number of hydrogen-bond donors (Lipinski definition) is 2. The van der Waals surface area contributed by atoms with Gasteiger partial charge in [0.15, 0.2) is 0 Å². The molecule has 2 rings (SSSR count). The number of carbonyl (C=O) groups excluding carboxylic acids is 1. The second-order valence-corrected chi connectivity index (χ2v) is 5.66. The van der Waals surface area contributed by atoms with E-state index in [9.17, 15) is 4.79 Å². The molecule has 0 spiro atoms. The number of nitrogens with two attached hydrogens (primary N) is 1. The number of thiocarbonyl (C=S) groups is 1. The van der Waals surface area contributed by atoms with E-state index in [4.69, 9.17) is 18.0 Å². The summed E-state index contributed by atoms with van der Waals surface area (Å²) in [5.74, 6) is -0.170. The lowest BCUT2D eigenvalue weighted by atomic mass is 10.1. The van der Waals surface area contributed by atoms with Crippen LogP contribution in [0.5, 0.6) is 0 Å². The molecule has 0 aliphatic heterocycles. The van der Waals surface area contributed by atoms with Gasteiger partial charge in [0, 0.05) is 15.4 Å². The SMILES string of the molecule is NC(=S)c1cc(Br)ccc1NC(=O)c1ccsc1. The third-order valence-corrected chi connectivity index (χ3v) is 3.68. The third-order valence-electron chi connectivity index (χ3n) is 2.28. The number of anilines is 1. The van der Waals surface area contributed by atoms with E-state index in [-0.39, 0.29) is 10.9 Å². The Morgan fingerprint density at radius 3 is 2.78 bits per heavy atom. The van der Waals surface area contributed by atoms with Gasteiger partial charge in [-0.1, -0.05) is 28.1 Å². The lowest BCUT2D eigenvalue weighted by molar-refractivity contribution is 0.102. The summed E-state index contributed by atoms with van der Waals surface area (Å²) in [5.41, 5.74) is 7.52. The fraction of sp³-hybridized carbons (Fsp3) is 0. The van der Waals surface area contributed by atoms with E-state index < -0.39 is 0 Å². The highest BCUT2D eigenvalue weighted by atomic mass is 79.9. The van der Waals surface area contributed by atoms with Gasteiger partial charge in [0.1, 0.15) is 4.99 Å². The standard InChI is InChI=1S/C12H9BrN2OS2/c13-8-1-2-10(9(5-8)11(14)17)15-12(16)7-3-4-18-6-7/h1-6H,(H2,14,17)(H,15,16). The van der Waals surface area contributed by atoms with Crippen molar-refractivity contribution in [3.63, 3.8) is 0 Å². The molecule has 18 heavy (non-hydrogen) atoms. The number of thiophene rings is 1. The lowest BCUT2D eigenvalue weighted by Gasteiger charge is -2.10. The zero-order valence-electron chi connectivity index (χ0n) is 9.14. The first-order valence-electron chi connectivity index (χ1n) is 5.01. The Hall–Kier alpha value is -1.24. The molecule has 0 saturated heterocycles. The van der Waals surface area contributed by atoms with Crippen molar-refractivity contribution < 1.29 is 4.79 Å². The van der Waals surface area contributed by atoms with E-state index in [0.29, 0.717) is 16.8 Å². The first kappa shape index (κ1) is 13.2. The topological polar surface area (TPSA) is 55.1 Å². The molecule has 0 atom stereocenters. The Bertz CT molecular complexity index is 596. The second-order valence-electron chi connectivity index (χ2n) is 3.52. The van der Waals surface area contributed by atoms with Gasteiger partial charge in [-0.15, -0.1) is 0 Å². The average molecular weight is 341 g/mol. The van der Waals surface area contributed by atoms with Crippen LogP contribution in [0, 0.1) is 0 Å². The minimum absolute atomic E-state index is 0.170. The molecule has 0 unspecified atom stereocenters. The summed E-state index contributed by atoms with van der Waals surface area (Å²) in [6, 6.07) is 7.14. The van der Waals surface area contributed by atoms with Gasteiger partial charge >= 0.3 is 0 Å². The highest BCUT2D eigenvalue weighted by Gasteiger charge is 2.11. The van der Waals surface area contributed by atoms with E-state index in [1.54, 1.807) is 23.6 Å². The Kier molecular flexibility index (Phi) is 4.11. The molecule has 92 valence electrons. The van der Waals surface area contributed by atoms with Gasteiger partial charge in [-0.2, -0.15) is 11.3 Å². The van der Waals surface area contributed by atoms with Crippen molar-refractivity contribution in [3.05, 3.63) is 50.6 Å². The van der Waals surface area contributed by atoms with Gasteiger partial charge in [0.2, 0.25) is 0 Å². The molecule has 1 heterocycles.